The number of amides is 1. The summed E-state index contributed by atoms with van der Waals surface area (Å²) in [5.41, 5.74) is 2.07. The van der Waals surface area contributed by atoms with Crippen LogP contribution in [0, 0.1) is 6.92 Å². The molecule has 3 aromatic heterocycles. The van der Waals surface area contributed by atoms with Crippen molar-refractivity contribution < 1.29 is 4.79 Å². The van der Waals surface area contributed by atoms with Crippen molar-refractivity contribution in [3.63, 3.8) is 0 Å². The first-order chi connectivity index (χ1) is 10.1. The van der Waals surface area contributed by atoms with Crippen LogP contribution in [0.5, 0.6) is 0 Å². The van der Waals surface area contributed by atoms with E-state index < -0.39 is 0 Å². The van der Waals surface area contributed by atoms with E-state index in [0.29, 0.717) is 10.8 Å². The molecule has 3 aromatic rings. The molecule has 0 unspecified atom stereocenters. The molecule has 0 aromatic carbocycles. The Balaban J connectivity index is 1.77. The van der Waals surface area contributed by atoms with Gasteiger partial charge in [-0.3, -0.25) is 10.1 Å². The fraction of sp³-hybridized carbons (Fsp3) is 0.0714. The Morgan fingerprint density at radius 3 is 2.81 bits per heavy atom. The van der Waals surface area contributed by atoms with E-state index in [4.69, 9.17) is 0 Å². The summed E-state index contributed by atoms with van der Waals surface area (Å²) in [7, 11) is 0. The maximum absolute atomic E-state index is 12.1. The lowest BCUT2D eigenvalue weighted by Crippen LogP contribution is -2.13. The summed E-state index contributed by atoms with van der Waals surface area (Å²) >= 11 is 6.44. The molecular weight excluding hydrogens is 370 g/mol. The molecular formula is C14H10BrN3OS2. The van der Waals surface area contributed by atoms with E-state index in [-0.39, 0.29) is 5.91 Å². The van der Waals surface area contributed by atoms with Crippen LogP contribution in [-0.4, -0.2) is 15.9 Å². The highest BCUT2D eigenvalue weighted by Crippen LogP contribution is 2.33. The first-order valence-corrected chi connectivity index (χ1v) is 8.57. The van der Waals surface area contributed by atoms with Gasteiger partial charge in [-0.05, 0) is 47.1 Å². The minimum Gasteiger partial charge on any atom is -0.296 e. The molecule has 21 heavy (non-hydrogen) atoms. The monoisotopic (exact) mass is 379 g/mol. The van der Waals surface area contributed by atoms with Crippen LogP contribution in [0.2, 0.25) is 0 Å². The fourth-order valence-electron chi connectivity index (χ4n) is 1.73. The van der Waals surface area contributed by atoms with E-state index in [1.54, 1.807) is 17.4 Å². The lowest BCUT2D eigenvalue weighted by molar-refractivity contribution is 0.102. The Labute approximate surface area is 138 Å². The van der Waals surface area contributed by atoms with Gasteiger partial charge in [-0.15, -0.1) is 22.7 Å². The predicted octanol–water partition coefficient (Wildman–Crippen LogP) is 4.59. The zero-order valence-corrected chi connectivity index (χ0v) is 14.2. The zero-order chi connectivity index (χ0) is 14.8. The highest BCUT2D eigenvalue weighted by atomic mass is 79.9. The number of hydrogen-bond donors (Lipinski definition) is 1. The highest BCUT2D eigenvalue weighted by Gasteiger charge is 2.12. The van der Waals surface area contributed by atoms with Crippen molar-refractivity contribution >= 4 is 49.6 Å². The van der Waals surface area contributed by atoms with E-state index in [0.717, 1.165) is 20.1 Å². The lowest BCUT2D eigenvalue weighted by atomic mass is 10.3. The fourth-order valence-corrected chi connectivity index (χ4v) is 3.85. The Morgan fingerprint density at radius 1 is 1.24 bits per heavy atom. The van der Waals surface area contributed by atoms with E-state index >= 15 is 0 Å². The van der Waals surface area contributed by atoms with E-state index in [9.17, 15) is 4.79 Å². The molecule has 0 aliphatic carbocycles. The smallest absolute Gasteiger partial charge is 0.276 e. The minimum atomic E-state index is -0.244. The second-order valence-corrected chi connectivity index (χ2v) is 7.58. The number of anilines is 1. The summed E-state index contributed by atoms with van der Waals surface area (Å²) in [5.74, 6) is -0.244. The van der Waals surface area contributed by atoms with Crippen LogP contribution in [-0.2, 0) is 0 Å². The largest absolute Gasteiger partial charge is 0.296 e. The molecule has 106 valence electrons. The number of hydrogen-bond acceptors (Lipinski definition) is 5. The van der Waals surface area contributed by atoms with Crippen LogP contribution in [0.4, 0.5) is 5.13 Å². The molecule has 0 radical (unpaired) electrons. The van der Waals surface area contributed by atoms with Gasteiger partial charge in [0.15, 0.2) is 5.13 Å². The molecule has 0 saturated carbocycles. The number of aromatic nitrogens is 2. The SMILES string of the molecule is Cc1cccc(C(=O)Nc2nc(-c3ccc(Br)s3)cs2)n1. The summed E-state index contributed by atoms with van der Waals surface area (Å²) in [5, 5.41) is 5.28. The minimum absolute atomic E-state index is 0.244. The van der Waals surface area contributed by atoms with Gasteiger partial charge in [0.25, 0.3) is 5.91 Å². The third-order valence-corrected chi connectivity index (χ3v) is 5.08. The standard InChI is InChI=1S/C14H10BrN3OS2/c1-8-3-2-4-9(16-8)13(19)18-14-17-10(7-20-14)11-5-6-12(15)21-11/h2-7H,1H3,(H,17,18,19). The van der Waals surface area contributed by atoms with Gasteiger partial charge in [-0.25, -0.2) is 9.97 Å². The van der Waals surface area contributed by atoms with Crippen LogP contribution in [0.3, 0.4) is 0 Å². The quantitative estimate of drug-likeness (QED) is 0.723. The van der Waals surface area contributed by atoms with Gasteiger partial charge >= 0.3 is 0 Å². The molecule has 3 heterocycles. The maximum Gasteiger partial charge on any atom is 0.276 e. The van der Waals surface area contributed by atoms with Crippen molar-refractivity contribution in [1.29, 1.82) is 0 Å². The Hall–Kier alpha value is -1.57. The topological polar surface area (TPSA) is 54.9 Å². The molecule has 0 spiro atoms. The molecule has 0 bridgehead atoms. The number of rotatable bonds is 3. The average molecular weight is 380 g/mol. The number of aryl methyl sites for hydroxylation is 1. The van der Waals surface area contributed by atoms with Crippen LogP contribution in [0.15, 0.2) is 39.5 Å². The van der Waals surface area contributed by atoms with Crippen molar-refractivity contribution in [1.82, 2.24) is 9.97 Å². The zero-order valence-electron chi connectivity index (χ0n) is 11.0. The summed E-state index contributed by atoms with van der Waals surface area (Å²) in [4.78, 5) is 21.8. The normalized spacial score (nSPS) is 10.6. The van der Waals surface area contributed by atoms with Gasteiger partial charge in [0.1, 0.15) is 5.69 Å². The second kappa shape index (κ2) is 6.05. The van der Waals surface area contributed by atoms with Gasteiger partial charge in [0.05, 0.1) is 14.4 Å². The summed E-state index contributed by atoms with van der Waals surface area (Å²) in [6.45, 7) is 1.85. The van der Waals surface area contributed by atoms with Crippen molar-refractivity contribution in [2.75, 3.05) is 5.32 Å². The van der Waals surface area contributed by atoms with Crippen molar-refractivity contribution in [3.8, 4) is 10.6 Å². The number of thiophene rings is 1. The van der Waals surface area contributed by atoms with Crippen LogP contribution in [0.1, 0.15) is 16.2 Å². The average Bonchev–Trinajstić information content (AvgIpc) is 3.07. The molecule has 1 N–H and O–H groups in total. The molecule has 4 nitrogen and oxygen atoms in total. The Bertz CT molecular complexity index is 797. The lowest BCUT2D eigenvalue weighted by Gasteiger charge is -2.01. The number of carbonyl (C=O) groups is 1. The van der Waals surface area contributed by atoms with Gasteiger partial charge in [-0.1, -0.05) is 6.07 Å². The Morgan fingerprint density at radius 2 is 2.10 bits per heavy atom. The summed E-state index contributed by atoms with van der Waals surface area (Å²) < 4.78 is 1.06. The first-order valence-electron chi connectivity index (χ1n) is 6.08. The number of carbonyl (C=O) groups excluding carboxylic acids is 1. The number of pyridine rings is 1. The van der Waals surface area contributed by atoms with Crippen LogP contribution >= 0.6 is 38.6 Å². The molecule has 7 heteroatoms. The number of nitrogens with one attached hydrogen (secondary N) is 1. The molecule has 0 saturated heterocycles. The third kappa shape index (κ3) is 3.37. The number of thiazole rings is 1. The highest BCUT2D eigenvalue weighted by molar-refractivity contribution is 9.11. The second-order valence-electron chi connectivity index (χ2n) is 4.26. The van der Waals surface area contributed by atoms with Crippen LogP contribution in [0.25, 0.3) is 10.6 Å². The maximum atomic E-state index is 12.1. The van der Waals surface area contributed by atoms with Gasteiger partial charge in [0.2, 0.25) is 0 Å². The summed E-state index contributed by atoms with van der Waals surface area (Å²) in [6.07, 6.45) is 0. The molecule has 1 amide bonds. The van der Waals surface area contributed by atoms with E-state index in [1.165, 1.54) is 11.3 Å². The van der Waals surface area contributed by atoms with Gasteiger partial charge < -0.3 is 0 Å². The van der Waals surface area contributed by atoms with Crippen molar-refractivity contribution in [2.45, 2.75) is 6.92 Å². The molecule has 0 atom stereocenters. The van der Waals surface area contributed by atoms with Crippen molar-refractivity contribution in [2.24, 2.45) is 0 Å². The Kier molecular flexibility index (Phi) is 4.14. The predicted molar refractivity (Wildman–Crippen MR) is 90.1 cm³/mol. The number of nitrogens with zero attached hydrogens (tertiary/aromatic N) is 2. The third-order valence-electron chi connectivity index (χ3n) is 2.67. The molecule has 0 aliphatic heterocycles. The van der Waals surface area contributed by atoms with Gasteiger partial charge in [0, 0.05) is 11.1 Å². The first kappa shape index (κ1) is 14.4. The molecule has 0 aliphatic rings. The van der Waals surface area contributed by atoms with Gasteiger partial charge in [-0.2, -0.15) is 0 Å². The molecule has 3 rings (SSSR count). The number of halogens is 1. The van der Waals surface area contributed by atoms with E-state index in [1.807, 2.05) is 36.6 Å². The van der Waals surface area contributed by atoms with Crippen molar-refractivity contribution in [3.05, 3.63) is 50.9 Å². The molecule has 0 fully saturated rings. The van der Waals surface area contributed by atoms with E-state index in [2.05, 4.69) is 31.2 Å². The van der Waals surface area contributed by atoms with Crippen LogP contribution < -0.4 is 5.32 Å². The summed E-state index contributed by atoms with van der Waals surface area (Å²) in [6, 6.07) is 9.33.